The fourth-order valence-electron chi connectivity index (χ4n) is 2.87. The Hall–Kier alpha value is -3.23. The predicted molar refractivity (Wildman–Crippen MR) is 121 cm³/mol. The average molecular weight is 539 g/mol. The fourth-order valence-corrected chi connectivity index (χ4v) is 3.93. The van der Waals surface area contributed by atoms with Gasteiger partial charge in [0.1, 0.15) is 19.5 Å². The van der Waals surface area contributed by atoms with Crippen molar-refractivity contribution in [2.24, 2.45) is 0 Å². The Bertz CT molecular complexity index is 1230. The molecule has 0 bridgehead atoms. The summed E-state index contributed by atoms with van der Waals surface area (Å²) in [6, 6.07) is 5.34. The second kappa shape index (κ2) is 10.1. The molecule has 1 aliphatic heterocycles. The van der Waals surface area contributed by atoms with Gasteiger partial charge in [0.15, 0.2) is 17.3 Å². The molecule has 0 atom stereocenters. The molecule has 0 radical (unpaired) electrons. The second-order valence-electron chi connectivity index (χ2n) is 6.45. The van der Waals surface area contributed by atoms with Gasteiger partial charge < -0.3 is 18.9 Å². The van der Waals surface area contributed by atoms with Gasteiger partial charge in [-0.1, -0.05) is 13.0 Å². The van der Waals surface area contributed by atoms with Crippen LogP contribution in [0.4, 0.5) is 5.82 Å². The number of hydrogen-bond acceptors (Lipinski definition) is 10. The summed E-state index contributed by atoms with van der Waals surface area (Å²) in [6.07, 6.45) is 4.33. The Labute approximate surface area is 198 Å². The third kappa shape index (κ3) is 5.77. The first-order chi connectivity index (χ1) is 15.9. The smallest absolute Gasteiger partial charge is 0.316 e. The van der Waals surface area contributed by atoms with Gasteiger partial charge in [-0.3, -0.25) is 4.72 Å². The van der Waals surface area contributed by atoms with Gasteiger partial charge in [-0.2, -0.15) is 13.1 Å². The molecule has 1 aliphatic rings. The maximum Gasteiger partial charge on any atom is 0.316 e. The lowest BCUT2D eigenvalue weighted by atomic mass is 10.1. The molecule has 1 aromatic carbocycles. The molecule has 0 fully saturated rings. The van der Waals surface area contributed by atoms with Crippen LogP contribution in [0.3, 0.4) is 0 Å². The van der Waals surface area contributed by atoms with Gasteiger partial charge in [-0.25, -0.2) is 19.9 Å². The normalized spacial score (nSPS) is 12.4. The van der Waals surface area contributed by atoms with Crippen LogP contribution in [0.25, 0.3) is 11.1 Å². The van der Waals surface area contributed by atoms with Gasteiger partial charge >= 0.3 is 6.01 Å². The SMILES string of the molecule is CCNS(=O)(=O)Nc1ncnc(OCCOc2ncc(Br)cn2)c1-c1ccc2c(c1)OCO2. The minimum atomic E-state index is -3.86. The van der Waals surface area contributed by atoms with Crippen LogP contribution in [0.15, 0.2) is 41.4 Å². The van der Waals surface area contributed by atoms with E-state index < -0.39 is 10.2 Å². The molecule has 2 aromatic heterocycles. The number of fused-ring (bicyclic) bond motifs is 1. The molecule has 0 spiro atoms. The Morgan fingerprint density at radius 1 is 1.06 bits per heavy atom. The van der Waals surface area contributed by atoms with Gasteiger partial charge in [0.2, 0.25) is 12.7 Å². The standard InChI is InChI=1S/C19H19BrN6O6S/c1-2-25-33(27,28)26-17-16(12-3-4-14-15(7-12)32-11-31-14)18(24-10-23-17)29-5-6-30-19-21-8-13(20)9-22-19/h3-4,7-10,25H,2,5-6,11H2,1H3,(H,23,24,26). The number of nitrogens with zero attached hydrogens (tertiary/aromatic N) is 4. The molecular formula is C19H19BrN6O6S. The summed E-state index contributed by atoms with van der Waals surface area (Å²) in [5.41, 5.74) is 0.901. The maximum absolute atomic E-state index is 12.3. The van der Waals surface area contributed by atoms with Crippen LogP contribution >= 0.6 is 15.9 Å². The van der Waals surface area contributed by atoms with Crippen molar-refractivity contribution < 1.29 is 27.4 Å². The molecule has 0 amide bonds. The number of hydrogen-bond donors (Lipinski definition) is 2. The first-order valence-corrected chi connectivity index (χ1v) is 12.0. The first-order valence-electron chi connectivity index (χ1n) is 9.71. The zero-order chi connectivity index (χ0) is 23.3. The summed E-state index contributed by atoms with van der Waals surface area (Å²) < 4.78 is 52.2. The Kier molecular flexibility index (Phi) is 7.05. The highest BCUT2D eigenvalue weighted by molar-refractivity contribution is 9.10. The molecule has 3 heterocycles. The maximum atomic E-state index is 12.3. The third-order valence-electron chi connectivity index (χ3n) is 4.19. The Morgan fingerprint density at radius 3 is 2.61 bits per heavy atom. The summed E-state index contributed by atoms with van der Waals surface area (Å²) in [5, 5.41) is 0. The highest BCUT2D eigenvalue weighted by Crippen LogP contribution is 2.40. The van der Waals surface area contributed by atoms with Crippen LogP contribution in [0.1, 0.15) is 6.92 Å². The van der Waals surface area contributed by atoms with Crippen molar-refractivity contribution in [3.63, 3.8) is 0 Å². The van der Waals surface area contributed by atoms with E-state index in [1.165, 1.54) is 6.33 Å². The van der Waals surface area contributed by atoms with E-state index in [0.29, 0.717) is 22.6 Å². The van der Waals surface area contributed by atoms with Gasteiger partial charge in [0.25, 0.3) is 10.2 Å². The van der Waals surface area contributed by atoms with Gasteiger partial charge in [0, 0.05) is 18.9 Å². The predicted octanol–water partition coefficient (Wildman–Crippen LogP) is 2.15. The van der Waals surface area contributed by atoms with Crippen LogP contribution in [0, 0.1) is 0 Å². The van der Waals surface area contributed by atoms with Crippen molar-refractivity contribution in [1.82, 2.24) is 24.7 Å². The van der Waals surface area contributed by atoms with Gasteiger partial charge in [0.05, 0.1) is 10.0 Å². The van der Waals surface area contributed by atoms with E-state index in [-0.39, 0.29) is 44.3 Å². The summed E-state index contributed by atoms with van der Waals surface area (Å²) >= 11 is 3.25. The first kappa shape index (κ1) is 22.9. The summed E-state index contributed by atoms with van der Waals surface area (Å²) in [6.45, 7) is 2.20. The molecule has 0 unspecified atom stereocenters. The number of halogens is 1. The minimum absolute atomic E-state index is 0.0389. The van der Waals surface area contributed by atoms with Crippen molar-refractivity contribution >= 4 is 32.0 Å². The third-order valence-corrected chi connectivity index (χ3v) is 5.73. The number of aromatic nitrogens is 4. The number of rotatable bonds is 10. The molecule has 33 heavy (non-hydrogen) atoms. The van der Waals surface area contributed by atoms with Crippen LogP contribution in [0.2, 0.25) is 0 Å². The van der Waals surface area contributed by atoms with E-state index in [1.807, 2.05) is 0 Å². The van der Waals surface area contributed by atoms with Crippen molar-refractivity contribution in [2.45, 2.75) is 6.92 Å². The zero-order valence-corrected chi connectivity index (χ0v) is 19.7. The molecule has 0 saturated carbocycles. The van der Waals surface area contributed by atoms with E-state index in [2.05, 4.69) is 45.3 Å². The monoisotopic (exact) mass is 538 g/mol. The van der Waals surface area contributed by atoms with E-state index >= 15 is 0 Å². The molecule has 4 rings (SSSR count). The van der Waals surface area contributed by atoms with E-state index in [1.54, 1.807) is 37.5 Å². The van der Waals surface area contributed by atoms with Crippen molar-refractivity contribution in [3.05, 3.63) is 41.4 Å². The molecule has 0 saturated heterocycles. The molecule has 0 aliphatic carbocycles. The summed E-state index contributed by atoms with van der Waals surface area (Å²) in [7, 11) is -3.86. The van der Waals surface area contributed by atoms with E-state index in [0.717, 1.165) is 4.47 Å². The lowest BCUT2D eigenvalue weighted by Crippen LogP contribution is -2.30. The second-order valence-corrected chi connectivity index (χ2v) is 8.87. The highest BCUT2D eigenvalue weighted by atomic mass is 79.9. The average Bonchev–Trinajstić information content (AvgIpc) is 3.25. The van der Waals surface area contributed by atoms with E-state index in [4.69, 9.17) is 18.9 Å². The zero-order valence-electron chi connectivity index (χ0n) is 17.3. The fraction of sp³-hybridized carbons (Fsp3) is 0.263. The molecule has 174 valence electrons. The van der Waals surface area contributed by atoms with Crippen molar-refractivity contribution in [3.8, 4) is 34.5 Å². The van der Waals surface area contributed by atoms with Crippen LogP contribution < -0.4 is 28.4 Å². The van der Waals surface area contributed by atoms with Crippen LogP contribution in [-0.4, -0.2) is 54.9 Å². The lowest BCUT2D eigenvalue weighted by Gasteiger charge is -2.15. The molecule has 2 N–H and O–H groups in total. The lowest BCUT2D eigenvalue weighted by molar-refractivity contribution is 0.174. The number of ether oxygens (including phenoxy) is 4. The van der Waals surface area contributed by atoms with Gasteiger partial charge in [-0.05, 0) is 33.6 Å². The summed E-state index contributed by atoms with van der Waals surface area (Å²) in [5.74, 6) is 1.28. The van der Waals surface area contributed by atoms with Gasteiger partial charge in [-0.15, -0.1) is 0 Å². The summed E-state index contributed by atoms with van der Waals surface area (Å²) in [4.78, 5) is 16.3. The van der Waals surface area contributed by atoms with Crippen molar-refractivity contribution in [1.29, 1.82) is 0 Å². The van der Waals surface area contributed by atoms with E-state index in [9.17, 15) is 8.42 Å². The van der Waals surface area contributed by atoms with Crippen LogP contribution in [-0.2, 0) is 10.2 Å². The van der Waals surface area contributed by atoms with Crippen molar-refractivity contribution in [2.75, 3.05) is 31.3 Å². The number of nitrogens with one attached hydrogen (secondary N) is 2. The molecule has 14 heteroatoms. The molecule has 12 nitrogen and oxygen atoms in total. The number of benzene rings is 1. The topological polar surface area (TPSA) is 147 Å². The largest absolute Gasteiger partial charge is 0.473 e. The highest BCUT2D eigenvalue weighted by Gasteiger charge is 2.22. The Morgan fingerprint density at radius 2 is 1.82 bits per heavy atom. The minimum Gasteiger partial charge on any atom is -0.473 e. The number of anilines is 1. The quantitative estimate of drug-likeness (QED) is 0.368. The van der Waals surface area contributed by atoms with Crippen LogP contribution in [0.5, 0.6) is 23.4 Å². The molecular weight excluding hydrogens is 520 g/mol. The molecule has 3 aromatic rings. The Balaban J connectivity index is 1.58.